The molecule has 2 amide bonds. The zero-order valence-corrected chi connectivity index (χ0v) is 17.1. The third kappa shape index (κ3) is 5.61. The monoisotopic (exact) mass is 422 g/mol. The van der Waals surface area contributed by atoms with Crippen LogP contribution in [0, 0.1) is 0 Å². The van der Waals surface area contributed by atoms with Gasteiger partial charge in [0.05, 0.1) is 5.97 Å². The summed E-state index contributed by atoms with van der Waals surface area (Å²) in [6.07, 6.45) is -0.610. The second-order valence-corrected chi connectivity index (χ2v) is 7.78. The summed E-state index contributed by atoms with van der Waals surface area (Å²) < 4.78 is 4.82. The summed E-state index contributed by atoms with van der Waals surface area (Å²) in [5.74, 6) is -1.93. The van der Waals surface area contributed by atoms with E-state index < -0.39 is 24.1 Å². The van der Waals surface area contributed by atoms with E-state index in [0.29, 0.717) is 37.6 Å². The molecule has 2 heterocycles. The molecular formula is C20H25ClN3O5-. The molecule has 1 aromatic carbocycles. The number of ether oxygens (including phenoxy) is 1. The second kappa shape index (κ2) is 9.45. The van der Waals surface area contributed by atoms with Crippen LogP contribution >= 0.6 is 11.6 Å². The molecule has 3 rings (SSSR count). The van der Waals surface area contributed by atoms with Crippen LogP contribution in [0.5, 0.6) is 0 Å². The van der Waals surface area contributed by atoms with Gasteiger partial charge in [-0.2, -0.15) is 0 Å². The summed E-state index contributed by atoms with van der Waals surface area (Å²) in [7, 11) is 0. The summed E-state index contributed by atoms with van der Waals surface area (Å²) in [6.45, 7) is 4.57. The average Bonchev–Trinajstić information content (AvgIpc) is 3.49. The molecule has 3 atom stereocenters. The molecule has 2 fully saturated rings. The highest BCUT2D eigenvalue weighted by Crippen LogP contribution is 2.23. The Morgan fingerprint density at radius 1 is 1.24 bits per heavy atom. The number of amides is 2. The second-order valence-electron chi connectivity index (χ2n) is 7.34. The molecule has 2 saturated heterocycles. The summed E-state index contributed by atoms with van der Waals surface area (Å²) >= 11 is 6.05. The number of hydrogen-bond acceptors (Lipinski definition) is 6. The molecule has 29 heavy (non-hydrogen) atoms. The van der Waals surface area contributed by atoms with Gasteiger partial charge in [0.15, 0.2) is 6.10 Å². The number of carboxylic acids is 1. The van der Waals surface area contributed by atoms with Gasteiger partial charge in [-0.15, -0.1) is 0 Å². The van der Waals surface area contributed by atoms with Crippen molar-refractivity contribution in [3.8, 4) is 0 Å². The van der Waals surface area contributed by atoms with E-state index in [1.165, 1.54) is 0 Å². The fourth-order valence-electron chi connectivity index (χ4n) is 3.57. The molecule has 0 radical (unpaired) electrons. The Balaban J connectivity index is 1.49. The lowest BCUT2D eigenvalue weighted by molar-refractivity contribution is -0.307. The van der Waals surface area contributed by atoms with E-state index in [1.807, 2.05) is 31.2 Å². The normalized spacial score (nSPS) is 22.1. The van der Waals surface area contributed by atoms with E-state index >= 15 is 0 Å². The van der Waals surface area contributed by atoms with Crippen molar-refractivity contribution in [2.45, 2.75) is 44.4 Å². The Morgan fingerprint density at radius 3 is 2.55 bits per heavy atom. The highest BCUT2D eigenvalue weighted by molar-refractivity contribution is 6.30. The van der Waals surface area contributed by atoms with Crippen LogP contribution < -0.4 is 15.3 Å². The highest BCUT2D eigenvalue weighted by atomic mass is 35.5. The highest BCUT2D eigenvalue weighted by Gasteiger charge is 2.46. The van der Waals surface area contributed by atoms with Crippen molar-refractivity contribution in [3.05, 3.63) is 29.3 Å². The molecule has 1 aromatic rings. The number of carboxylic acid groups (broad SMARTS) is 1. The van der Waals surface area contributed by atoms with Gasteiger partial charge in [0.1, 0.15) is 6.10 Å². The largest absolute Gasteiger partial charge is 0.547 e. The predicted octanol–water partition coefficient (Wildman–Crippen LogP) is 0.181. The molecular weight excluding hydrogens is 398 g/mol. The summed E-state index contributed by atoms with van der Waals surface area (Å²) in [4.78, 5) is 39.6. The number of piperazine rings is 1. The Hall–Kier alpha value is -2.32. The van der Waals surface area contributed by atoms with Crippen LogP contribution in [0.3, 0.4) is 0 Å². The first kappa shape index (κ1) is 21.4. The van der Waals surface area contributed by atoms with Gasteiger partial charge in [-0.3, -0.25) is 9.59 Å². The summed E-state index contributed by atoms with van der Waals surface area (Å²) in [5, 5.41) is 14.2. The first-order valence-electron chi connectivity index (χ1n) is 9.84. The molecule has 8 nitrogen and oxygen atoms in total. The van der Waals surface area contributed by atoms with Gasteiger partial charge in [-0.25, -0.2) is 0 Å². The van der Waals surface area contributed by atoms with E-state index in [-0.39, 0.29) is 18.4 Å². The van der Waals surface area contributed by atoms with Crippen LogP contribution in [0.15, 0.2) is 24.3 Å². The van der Waals surface area contributed by atoms with E-state index in [4.69, 9.17) is 16.3 Å². The van der Waals surface area contributed by atoms with Gasteiger partial charge >= 0.3 is 0 Å². The fourth-order valence-corrected chi connectivity index (χ4v) is 3.76. The van der Waals surface area contributed by atoms with Crippen molar-refractivity contribution in [1.82, 2.24) is 10.2 Å². The van der Waals surface area contributed by atoms with Crippen LogP contribution in [0.1, 0.15) is 26.2 Å². The summed E-state index contributed by atoms with van der Waals surface area (Å²) in [5.41, 5.74) is 1.03. The van der Waals surface area contributed by atoms with Gasteiger partial charge in [-0.05, 0) is 24.6 Å². The molecule has 0 aromatic heterocycles. The van der Waals surface area contributed by atoms with Crippen molar-refractivity contribution >= 4 is 35.1 Å². The number of rotatable bonds is 8. The lowest BCUT2D eigenvalue weighted by Gasteiger charge is -2.36. The lowest BCUT2D eigenvalue weighted by Crippen LogP contribution is -2.50. The number of benzene rings is 1. The molecule has 0 saturated carbocycles. The smallest absolute Gasteiger partial charge is 0.252 e. The maximum absolute atomic E-state index is 12.7. The first-order chi connectivity index (χ1) is 13.9. The minimum atomic E-state index is -1.40. The number of aliphatic carboxylic acids is 1. The van der Waals surface area contributed by atoms with Gasteiger partial charge in [0.2, 0.25) is 5.91 Å². The molecule has 3 unspecified atom stereocenters. The van der Waals surface area contributed by atoms with Crippen LogP contribution in [0.2, 0.25) is 5.02 Å². The average molecular weight is 423 g/mol. The van der Waals surface area contributed by atoms with Crippen LogP contribution in [0.4, 0.5) is 5.69 Å². The Bertz CT molecular complexity index is 766. The zero-order valence-electron chi connectivity index (χ0n) is 16.3. The standard InChI is InChI=1S/C20H26ClN3O5/c1-2-4-14(22-19(26)17-18(29-17)20(27)28)12-16(25)24-9-7-23(8-10-24)15-6-3-5-13(21)11-15/h3,5-6,11,14,17-18H,2,4,7-10,12H2,1H3,(H,22,26)(H,27,28)/p-1. The lowest BCUT2D eigenvalue weighted by atomic mass is 10.1. The number of nitrogens with one attached hydrogen (secondary N) is 1. The molecule has 0 bridgehead atoms. The van der Waals surface area contributed by atoms with Crippen LogP contribution in [0.25, 0.3) is 0 Å². The van der Waals surface area contributed by atoms with Gasteiger partial charge < -0.3 is 29.8 Å². The topological polar surface area (TPSA) is 105 Å². The number of carbonyl (C=O) groups excluding carboxylic acids is 3. The minimum absolute atomic E-state index is 0.0253. The van der Waals surface area contributed by atoms with Crippen molar-refractivity contribution in [2.24, 2.45) is 0 Å². The van der Waals surface area contributed by atoms with Gasteiger partial charge in [-0.1, -0.05) is 31.0 Å². The number of epoxide rings is 1. The van der Waals surface area contributed by atoms with Crippen molar-refractivity contribution < 1.29 is 24.2 Å². The van der Waals surface area contributed by atoms with Crippen LogP contribution in [-0.4, -0.2) is 67.1 Å². The third-order valence-electron chi connectivity index (χ3n) is 5.19. The number of carbonyl (C=O) groups is 3. The van der Waals surface area contributed by atoms with E-state index in [9.17, 15) is 19.5 Å². The molecule has 2 aliphatic heterocycles. The minimum Gasteiger partial charge on any atom is -0.547 e. The maximum atomic E-state index is 12.7. The van der Waals surface area contributed by atoms with Crippen molar-refractivity contribution in [3.63, 3.8) is 0 Å². The molecule has 0 aliphatic carbocycles. The maximum Gasteiger partial charge on any atom is 0.252 e. The molecule has 1 N–H and O–H groups in total. The molecule has 9 heteroatoms. The van der Waals surface area contributed by atoms with E-state index in [2.05, 4.69) is 10.2 Å². The molecule has 0 spiro atoms. The predicted molar refractivity (Wildman–Crippen MR) is 105 cm³/mol. The first-order valence-corrected chi connectivity index (χ1v) is 10.2. The molecule has 2 aliphatic rings. The Morgan fingerprint density at radius 2 is 1.97 bits per heavy atom. The number of halogens is 1. The van der Waals surface area contributed by atoms with Crippen molar-refractivity contribution in [2.75, 3.05) is 31.1 Å². The van der Waals surface area contributed by atoms with Gasteiger partial charge in [0.25, 0.3) is 5.91 Å². The number of anilines is 1. The van der Waals surface area contributed by atoms with E-state index in [0.717, 1.165) is 12.1 Å². The van der Waals surface area contributed by atoms with Gasteiger partial charge in [0, 0.05) is 49.4 Å². The SMILES string of the molecule is CCCC(CC(=O)N1CCN(c2cccc(Cl)c2)CC1)NC(=O)C1OC1C(=O)[O-]. The van der Waals surface area contributed by atoms with Crippen LogP contribution in [-0.2, 0) is 19.1 Å². The zero-order chi connectivity index (χ0) is 21.0. The van der Waals surface area contributed by atoms with E-state index in [1.54, 1.807) is 4.90 Å². The quantitative estimate of drug-likeness (QED) is 0.599. The summed E-state index contributed by atoms with van der Waals surface area (Å²) in [6, 6.07) is 7.29. The number of hydrogen-bond donors (Lipinski definition) is 1. The Labute approximate surface area is 174 Å². The van der Waals surface area contributed by atoms with Crippen molar-refractivity contribution in [1.29, 1.82) is 0 Å². The third-order valence-corrected chi connectivity index (χ3v) is 5.43. The molecule has 158 valence electrons. The Kier molecular flexibility index (Phi) is 6.97. The fraction of sp³-hybridized carbons (Fsp3) is 0.550. The number of nitrogens with zero attached hydrogens (tertiary/aromatic N) is 2.